The third-order valence-corrected chi connectivity index (χ3v) is 3.39. The monoisotopic (exact) mass is 277 g/mol. The fourth-order valence-corrected chi connectivity index (χ4v) is 2.31. The number of methoxy groups -OCH3 is 1. The van der Waals surface area contributed by atoms with Crippen molar-refractivity contribution in [2.24, 2.45) is 0 Å². The molecule has 0 atom stereocenters. The molecule has 0 unspecified atom stereocenters. The van der Waals surface area contributed by atoms with Gasteiger partial charge in [0.15, 0.2) is 0 Å². The van der Waals surface area contributed by atoms with Crippen molar-refractivity contribution in [2.75, 3.05) is 25.1 Å². The van der Waals surface area contributed by atoms with E-state index < -0.39 is 5.67 Å². The fourth-order valence-electron chi connectivity index (χ4n) is 2.31. The Morgan fingerprint density at radius 2 is 2.15 bits per heavy atom. The van der Waals surface area contributed by atoms with E-state index in [1.54, 1.807) is 18.9 Å². The number of halogens is 1. The third-order valence-electron chi connectivity index (χ3n) is 3.39. The van der Waals surface area contributed by atoms with Gasteiger partial charge in [0.25, 0.3) is 11.8 Å². The number of nitrogens with zero attached hydrogens (tertiary/aromatic N) is 3. The Hall–Kier alpha value is -2.11. The van der Waals surface area contributed by atoms with Crippen molar-refractivity contribution in [1.29, 1.82) is 0 Å². The van der Waals surface area contributed by atoms with Crippen LogP contribution in [0, 0.1) is 6.92 Å². The second-order valence-electron chi connectivity index (χ2n) is 5.35. The first-order valence-electron chi connectivity index (χ1n) is 6.41. The number of hydrogen-bond acceptors (Lipinski definition) is 5. The molecule has 0 radical (unpaired) electrons. The smallest absolute Gasteiger partial charge is 0.266 e. The summed E-state index contributed by atoms with van der Waals surface area (Å²) < 4.78 is 24.0. The summed E-state index contributed by atoms with van der Waals surface area (Å²) in [6, 6.07) is 5.67. The van der Waals surface area contributed by atoms with Crippen molar-refractivity contribution in [2.45, 2.75) is 19.5 Å². The number of aromatic nitrogens is 2. The summed E-state index contributed by atoms with van der Waals surface area (Å²) in [6.45, 7) is 4.12. The van der Waals surface area contributed by atoms with Crippen LogP contribution in [0.4, 0.5) is 10.3 Å². The number of ether oxygens (including phenoxy) is 1. The summed E-state index contributed by atoms with van der Waals surface area (Å²) in [5, 5.41) is 3.89. The largest absolute Gasteiger partial charge is 0.496 e. The van der Waals surface area contributed by atoms with Crippen molar-refractivity contribution in [3.8, 4) is 17.2 Å². The zero-order chi connectivity index (χ0) is 14.3. The fraction of sp³-hybridized carbons (Fsp3) is 0.429. The first kappa shape index (κ1) is 12.9. The number of alkyl halides is 1. The lowest BCUT2D eigenvalue weighted by Gasteiger charge is -2.41. The van der Waals surface area contributed by atoms with E-state index in [1.807, 2.05) is 25.1 Å². The molecule has 1 saturated heterocycles. The summed E-state index contributed by atoms with van der Waals surface area (Å²) >= 11 is 0. The molecule has 0 amide bonds. The van der Waals surface area contributed by atoms with Crippen LogP contribution >= 0.6 is 0 Å². The normalized spacial score (nSPS) is 16.9. The van der Waals surface area contributed by atoms with Gasteiger partial charge in [0.05, 0.1) is 20.2 Å². The minimum atomic E-state index is -1.16. The molecule has 1 aromatic heterocycles. The number of anilines is 1. The molecule has 0 saturated carbocycles. The molecule has 0 bridgehead atoms. The Morgan fingerprint density at radius 3 is 2.80 bits per heavy atom. The maximum absolute atomic E-state index is 13.5. The third kappa shape index (κ3) is 2.21. The maximum atomic E-state index is 13.5. The lowest BCUT2D eigenvalue weighted by molar-refractivity contribution is 0.142. The van der Waals surface area contributed by atoms with Gasteiger partial charge in [-0.25, -0.2) is 4.39 Å². The summed E-state index contributed by atoms with van der Waals surface area (Å²) in [7, 11) is 1.62. The van der Waals surface area contributed by atoms with Crippen molar-refractivity contribution in [1.82, 2.24) is 10.1 Å². The van der Waals surface area contributed by atoms with E-state index in [4.69, 9.17) is 9.26 Å². The zero-order valence-corrected chi connectivity index (χ0v) is 11.7. The van der Waals surface area contributed by atoms with Crippen molar-refractivity contribution in [3.05, 3.63) is 23.8 Å². The van der Waals surface area contributed by atoms with Crippen molar-refractivity contribution < 1.29 is 13.7 Å². The van der Waals surface area contributed by atoms with E-state index in [1.165, 1.54) is 0 Å². The van der Waals surface area contributed by atoms with Crippen LogP contribution in [0.1, 0.15) is 12.5 Å². The Morgan fingerprint density at radius 1 is 1.40 bits per heavy atom. The van der Waals surface area contributed by atoms with Crippen molar-refractivity contribution >= 4 is 5.95 Å². The van der Waals surface area contributed by atoms with Crippen LogP contribution in [-0.4, -0.2) is 36.0 Å². The molecule has 2 aromatic rings. The minimum Gasteiger partial charge on any atom is -0.496 e. The second-order valence-corrected chi connectivity index (χ2v) is 5.35. The molecule has 106 valence electrons. The lowest BCUT2D eigenvalue weighted by Crippen LogP contribution is -2.57. The molecule has 2 heterocycles. The molecule has 1 fully saturated rings. The van der Waals surface area contributed by atoms with Gasteiger partial charge in [0.1, 0.15) is 11.4 Å². The molecule has 3 rings (SSSR count). The van der Waals surface area contributed by atoms with Gasteiger partial charge in [-0.1, -0.05) is 6.07 Å². The van der Waals surface area contributed by atoms with Crippen LogP contribution in [-0.2, 0) is 0 Å². The molecule has 1 aromatic carbocycles. The van der Waals surface area contributed by atoms with Gasteiger partial charge in [-0.2, -0.15) is 4.98 Å². The van der Waals surface area contributed by atoms with E-state index in [0.717, 1.165) is 16.9 Å². The van der Waals surface area contributed by atoms with Gasteiger partial charge in [-0.15, -0.1) is 0 Å². The molecular formula is C14H16FN3O2. The topological polar surface area (TPSA) is 51.4 Å². The summed E-state index contributed by atoms with van der Waals surface area (Å²) in [4.78, 5) is 6.05. The van der Waals surface area contributed by atoms with E-state index >= 15 is 0 Å². The number of aryl methyl sites for hydroxylation is 1. The van der Waals surface area contributed by atoms with Crippen LogP contribution < -0.4 is 9.64 Å². The molecule has 5 nitrogen and oxygen atoms in total. The highest BCUT2D eigenvalue weighted by Gasteiger charge is 2.41. The van der Waals surface area contributed by atoms with Crippen LogP contribution in [0.15, 0.2) is 22.7 Å². The van der Waals surface area contributed by atoms with E-state index in [-0.39, 0.29) is 0 Å². The number of hydrogen-bond donors (Lipinski definition) is 0. The molecular weight excluding hydrogens is 261 g/mol. The molecule has 0 N–H and O–H groups in total. The molecule has 0 aliphatic carbocycles. The molecule has 1 aliphatic heterocycles. The molecule has 20 heavy (non-hydrogen) atoms. The Labute approximate surface area is 116 Å². The second kappa shape index (κ2) is 4.47. The van der Waals surface area contributed by atoms with Crippen molar-refractivity contribution in [3.63, 3.8) is 0 Å². The maximum Gasteiger partial charge on any atom is 0.266 e. The van der Waals surface area contributed by atoms with Crippen LogP contribution in [0.3, 0.4) is 0 Å². The van der Waals surface area contributed by atoms with Crippen LogP contribution in [0.25, 0.3) is 11.5 Å². The van der Waals surface area contributed by atoms with Gasteiger partial charge in [0, 0.05) is 5.56 Å². The van der Waals surface area contributed by atoms with Gasteiger partial charge in [0.2, 0.25) is 0 Å². The summed E-state index contributed by atoms with van der Waals surface area (Å²) in [5.41, 5.74) is 0.662. The lowest BCUT2D eigenvalue weighted by atomic mass is 10.0. The zero-order valence-electron chi connectivity index (χ0n) is 11.7. The standard InChI is InChI=1S/C14H16FN3O2/c1-9-4-5-10(6-11(9)19-3)12-16-13(17-20-12)18-7-14(2,15)8-18/h4-6H,7-8H2,1-3H3. The van der Waals surface area contributed by atoms with E-state index in [9.17, 15) is 4.39 Å². The van der Waals surface area contributed by atoms with E-state index in [2.05, 4.69) is 10.1 Å². The average molecular weight is 277 g/mol. The highest BCUT2D eigenvalue weighted by molar-refractivity contribution is 5.59. The Balaban J connectivity index is 1.83. The van der Waals surface area contributed by atoms with Gasteiger partial charge in [-0.3, -0.25) is 0 Å². The molecule has 6 heteroatoms. The number of rotatable bonds is 3. The SMILES string of the molecule is COc1cc(-c2nc(N3CC(C)(F)C3)no2)ccc1C. The highest BCUT2D eigenvalue weighted by atomic mass is 19.1. The summed E-state index contributed by atoms with van der Waals surface area (Å²) in [5.74, 6) is 1.60. The van der Waals surface area contributed by atoms with E-state index in [0.29, 0.717) is 24.9 Å². The highest BCUT2D eigenvalue weighted by Crippen LogP contribution is 2.31. The van der Waals surface area contributed by atoms with Gasteiger partial charge < -0.3 is 14.2 Å². The first-order valence-corrected chi connectivity index (χ1v) is 6.41. The predicted octanol–water partition coefficient (Wildman–Crippen LogP) is 2.60. The Kier molecular flexibility index (Phi) is 2.88. The molecule has 1 aliphatic rings. The predicted molar refractivity (Wildman–Crippen MR) is 72.7 cm³/mol. The van der Waals surface area contributed by atoms with Gasteiger partial charge in [-0.05, 0) is 36.7 Å². The Bertz CT molecular complexity index is 631. The van der Waals surface area contributed by atoms with Crippen LogP contribution in [0.2, 0.25) is 0 Å². The van der Waals surface area contributed by atoms with Crippen LogP contribution in [0.5, 0.6) is 5.75 Å². The van der Waals surface area contributed by atoms with Gasteiger partial charge >= 0.3 is 0 Å². The number of benzene rings is 1. The molecule has 0 spiro atoms. The summed E-state index contributed by atoms with van der Waals surface area (Å²) in [6.07, 6.45) is 0. The quantitative estimate of drug-likeness (QED) is 0.863. The minimum absolute atomic E-state index is 0.295. The first-order chi connectivity index (χ1) is 9.48. The average Bonchev–Trinajstić information content (AvgIpc) is 2.85.